The van der Waals surface area contributed by atoms with E-state index in [4.69, 9.17) is 5.73 Å². The van der Waals surface area contributed by atoms with E-state index in [-0.39, 0.29) is 5.41 Å². The first-order chi connectivity index (χ1) is 7.80. The quantitative estimate of drug-likeness (QED) is 0.755. The van der Waals surface area contributed by atoms with Crippen LogP contribution in [0.3, 0.4) is 0 Å². The van der Waals surface area contributed by atoms with E-state index >= 15 is 0 Å². The fraction of sp³-hybridized carbons (Fsp3) is 0.833. The first-order valence-electron chi connectivity index (χ1n) is 6.09. The summed E-state index contributed by atoms with van der Waals surface area (Å²) in [4.78, 5) is 0. The largest absolute Gasteiger partial charge is 0.330 e. The van der Waals surface area contributed by atoms with Crippen molar-refractivity contribution >= 4 is 10.0 Å². The number of rotatable bonds is 5. The second-order valence-corrected chi connectivity index (χ2v) is 7.38. The average molecular weight is 260 g/mol. The second kappa shape index (κ2) is 5.50. The van der Waals surface area contributed by atoms with E-state index in [0.717, 1.165) is 19.3 Å². The predicted octanol–water partition coefficient (Wildman–Crippen LogP) is 1.20. The minimum absolute atomic E-state index is 0.0782. The highest BCUT2D eigenvalue weighted by molar-refractivity contribution is 7.88. The first kappa shape index (κ1) is 14.7. The summed E-state index contributed by atoms with van der Waals surface area (Å²) in [6.45, 7) is 7.75. The van der Waals surface area contributed by atoms with Crippen LogP contribution in [0.2, 0.25) is 0 Å². The highest BCUT2D eigenvalue weighted by atomic mass is 32.2. The molecule has 1 rings (SSSR count). The third-order valence-electron chi connectivity index (χ3n) is 3.66. The van der Waals surface area contributed by atoms with Crippen molar-refractivity contribution in [3.05, 3.63) is 12.7 Å². The number of sulfonamides is 1. The van der Waals surface area contributed by atoms with Gasteiger partial charge >= 0.3 is 0 Å². The van der Waals surface area contributed by atoms with Gasteiger partial charge in [-0.2, -0.15) is 0 Å². The summed E-state index contributed by atoms with van der Waals surface area (Å²) in [5, 5.41) is 0. The molecule has 0 aromatic rings. The maximum absolute atomic E-state index is 11.5. The van der Waals surface area contributed by atoms with Crippen molar-refractivity contribution in [2.24, 2.45) is 17.1 Å². The standard InChI is InChI=1S/C12H24N2O2S/c1-4-12(2,10-13)8-11-6-5-7-14(9-11)17(3,15)16/h4,11H,1,5-10,13H2,2-3H3. The molecule has 1 fully saturated rings. The lowest BCUT2D eigenvalue weighted by Gasteiger charge is -2.35. The molecule has 100 valence electrons. The van der Waals surface area contributed by atoms with E-state index in [0.29, 0.717) is 25.6 Å². The molecule has 0 spiro atoms. The maximum atomic E-state index is 11.5. The van der Waals surface area contributed by atoms with Gasteiger partial charge in [-0.1, -0.05) is 13.0 Å². The molecule has 0 amide bonds. The number of hydrogen-bond donors (Lipinski definition) is 1. The second-order valence-electron chi connectivity index (χ2n) is 5.40. The Kier molecular flexibility index (Phi) is 4.75. The number of piperidine rings is 1. The van der Waals surface area contributed by atoms with Crippen LogP contribution in [0, 0.1) is 11.3 Å². The highest BCUT2D eigenvalue weighted by Gasteiger charge is 2.30. The molecule has 0 aromatic heterocycles. The number of nitrogens with two attached hydrogens (primary N) is 1. The molecule has 1 heterocycles. The van der Waals surface area contributed by atoms with Crippen LogP contribution < -0.4 is 5.73 Å². The summed E-state index contributed by atoms with van der Waals surface area (Å²) >= 11 is 0. The Morgan fingerprint density at radius 3 is 2.71 bits per heavy atom. The Morgan fingerprint density at radius 1 is 1.59 bits per heavy atom. The topological polar surface area (TPSA) is 63.4 Å². The summed E-state index contributed by atoms with van der Waals surface area (Å²) in [7, 11) is -3.05. The van der Waals surface area contributed by atoms with E-state index in [9.17, 15) is 8.42 Å². The minimum Gasteiger partial charge on any atom is -0.330 e. The SMILES string of the molecule is C=CC(C)(CN)CC1CCCN(S(C)(=O)=O)C1. The highest BCUT2D eigenvalue weighted by Crippen LogP contribution is 2.31. The Hall–Kier alpha value is -0.390. The van der Waals surface area contributed by atoms with Crippen LogP contribution in [0.4, 0.5) is 0 Å². The first-order valence-corrected chi connectivity index (χ1v) is 7.94. The zero-order chi connectivity index (χ0) is 13.1. The van der Waals surface area contributed by atoms with Crippen LogP contribution in [0.15, 0.2) is 12.7 Å². The van der Waals surface area contributed by atoms with E-state index in [1.165, 1.54) is 6.26 Å². The van der Waals surface area contributed by atoms with Gasteiger partial charge in [0.1, 0.15) is 0 Å². The fourth-order valence-corrected chi connectivity index (χ4v) is 3.35. The van der Waals surface area contributed by atoms with Crippen molar-refractivity contribution in [1.29, 1.82) is 0 Å². The van der Waals surface area contributed by atoms with Gasteiger partial charge < -0.3 is 5.73 Å². The van der Waals surface area contributed by atoms with Gasteiger partial charge in [-0.25, -0.2) is 12.7 Å². The van der Waals surface area contributed by atoms with Gasteiger partial charge in [-0.05, 0) is 30.6 Å². The Bertz CT molecular complexity index is 367. The van der Waals surface area contributed by atoms with Crippen LogP contribution in [0.25, 0.3) is 0 Å². The van der Waals surface area contributed by atoms with Crippen molar-refractivity contribution in [1.82, 2.24) is 4.31 Å². The fourth-order valence-electron chi connectivity index (χ4n) is 2.40. The normalized spacial score (nSPS) is 26.4. The molecule has 1 aliphatic rings. The van der Waals surface area contributed by atoms with Gasteiger partial charge in [-0.3, -0.25) is 0 Å². The summed E-state index contributed by atoms with van der Waals surface area (Å²) in [6.07, 6.45) is 6.11. The molecule has 0 aliphatic carbocycles. The monoisotopic (exact) mass is 260 g/mol. The van der Waals surface area contributed by atoms with Crippen molar-refractivity contribution in [3.63, 3.8) is 0 Å². The van der Waals surface area contributed by atoms with E-state index in [1.807, 2.05) is 6.08 Å². The Balaban J connectivity index is 2.65. The Morgan fingerprint density at radius 2 is 2.24 bits per heavy atom. The van der Waals surface area contributed by atoms with Crippen molar-refractivity contribution in [2.75, 3.05) is 25.9 Å². The molecular formula is C12H24N2O2S. The average Bonchev–Trinajstić information content (AvgIpc) is 2.28. The smallest absolute Gasteiger partial charge is 0.211 e. The molecule has 0 bridgehead atoms. The van der Waals surface area contributed by atoms with Crippen molar-refractivity contribution in [2.45, 2.75) is 26.2 Å². The molecule has 5 heteroatoms. The molecule has 1 aliphatic heterocycles. The van der Waals surface area contributed by atoms with Gasteiger partial charge in [0.25, 0.3) is 0 Å². The minimum atomic E-state index is -3.05. The molecule has 0 aromatic carbocycles. The number of hydrogen-bond acceptors (Lipinski definition) is 3. The third kappa shape index (κ3) is 4.08. The Labute approximate surface area is 105 Å². The number of nitrogens with zero attached hydrogens (tertiary/aromatic N) is 1. The molecular weight excluding hydrogens is 236 g/mol. The summed E-state index contributed by atoms with van der Waals surface area (Å²) in [5.74, 6) is 0.394. The molecule has 0 saturated carbocycles. The van der Waals surface area contributed by atoms with Crippen LogP contribution in [-0.4, -0.2) is 38.6 Å². The zero-order valence-corrected chi connectivity index (χ0v) is 11.7. The zero-order valence-electron chi connectivity index (χ0n) is 10.9. The van der Waals surface area contributed by atoms with Gasteiger partial charge in [-0.15, -0.1) is 6.58 Å². The molecule has 2 unspecified atom stereocenters. The van der Waals surface area contributed by atoms with Crippen LogP contribution in [0.1, 0.15) is 26.2 Å². The van der Waals surface area contributed by atoms with E-state index in [1.54, 1.807) is 4.31 Å². The van der Waals surface area contributed by atoms with Gasteiger partial charge in [0.15, 0.2) is 0 Å². The summed E-state index contributed by atoms with van der Waals surface area (Å²) in [5.41, 5.74) is 5.67. The molecule has 2 atom stereocenters. The van der Waals surface area contributed by atoms with Crippen molar-refractivity contribution < 1.29 is 8.42 Å². The molecule has 17 heavy (non-hydrogen) atoms. The van der Waals surface area contributed by atoms with Crippen LogP contribution >= 0.6 is 0 Å². The van der Waals surface area contributed by atoms with Gasteiger partial charge in [0.2, 0.25) is 10.0 Å². The molecule has 1 saturated heterocycles. The molecule has 0 radical (unpaired) electrons. The van der Waals surface area contributed by atoms with Crippen LogP contribution in [-0.2, 0) is 10.0 Å². The lowest BCUT2D eigenvalue weighted by Crippen LogP contribution is -2.41. The van der Waals surface area contributed by atoms with Crippen molar-refractivity contribution in [3.8, 4) is 0 Å². The summed E-state index contributed by atoms with van der Waals surface area (Å²) in [6, 6.07) is 0. The predicted molar refractivity (Wildman–Crippen MR) is 71.1 cm³/mol. The lowest BCUT2D eigenvalue weighted by atomic mass is 9.78. The summed E-state index contributed by atoms with van der Waals surface area (Å²) < 4.78 is 24.6. The maximum Gasteiger partial charge on any atom is 0.211 e. The molecule has 2 N–H and O–H groups in total. The third-order valence-corrected chi connectivity index (χ3v) is 4.93. The van der Waals surface area contributed by atoms with Gasteiger partial charge in [0, 0.05) is 19.6 Å². The van der Waals surface area contributed by atoms with Gasteiger partial charge in [0.05, 0.1) is 6.26 Å². The van der Waals surface area contributed by atoms with Crippen LogP contribution in [0.5, 0.6) is 0 Å². The lowest BCUT2D eigenvalue weighted by molar-refractivity contribution is 0.210. The molecule has 4 nitrogen and oxygen atoms in total. The van der Waals surface area contributed by atoms with E-state index < -0.39 is 10.0 Å². The van der Waals surface area contributed by atoms with E-state index in [2.05, 4.69) is 13.5 Å².